The van der Waals surface area contributed by atoms with E-state index in [2.05, 4.69) is 10.6 Å². The number of piperazine rings is 1. The fourth-order valence-electron chi connectivity index (χ4n) is 2.15. The van der Waals surface area contributed by atoms with Gasteiger partial charge in [-0.3, -0.25) is 14.5 Å². The van der Waals surface area contributed by atoms with Crippen molar-refractivity contribution in [1.29, 1.82) is 0 Å². The van der Waals surface area contributed by atoms with Crippen LogP contribution in [0.4, 0.5) is 11.4 Å². The van der Waals surface area contributed by atoms with Crippen LogP contribution in [-0.2, 0) is 9.59 Å². The number of hydrogen-bond donors (Lipinski definition) is 3. The van der Waals surface area contributed by atoms with Crippen LogP contribution in [0.2, 0.25) is 0 Å². The molecule has 1 fully saturated rings. The zero-order valence-electron chi connectivity index (χ0n) is 11.8. The molecule has 2 amide bonds. The Hall–Kier alpha value is -2.08. The SMILES string of the molecule is Cc1ccc(NC(=O)CN2CCNC(=O)C2C)cc1N. The van der Waals surface area contributed by atoms with Gasteiger partial charge in [0.05, 0.1) is 12.6 Å². The molecule has 4 N–H and O–H groups in total. The van der Waals surface area contributed by atoms with Gasteiger partial charge in [0.2, 0.25) is 11.8 Å². The van der Waals surface area contributed by atoms with E-state index in [1.165, 1.54) is 0 Å². The first-order chi connectivity index (χ1) is 9.47. The molecular weight excluding hydrogens is 256 g/mol. The first-order valence-electron chi connectivity index (χ1n) is 6.65. The maximum Gasteiger partial charge on any atom is 0.238 e. The molecule has 0 aliphatic carbocycles. The fourth-order valence-corrected chi connectivity index (χ4v) is 2.15. The third kappa shape index (κ3) is 3.27. The number of hydrogen-bond acceptors (Lipinski definition) is 4. The molecule has 2 rings (SSSR count). The topological polar surface area (TPSA) is 87.5 Å². The zero-order chi connectivity index (χ0) is 14.7. The van der Waals surface area contributed by atoms with Gasteiger partial charge in [0, 0.05) is 24.5 Å². The number of nitrogen functional groups attached to an aromatic ring is 1. The summed E-state index contributed by atoms with van der Waals surface area (Å²) in [7, 11) is 0. The number of rotatable bonds is 3. The predicted molar refractivity (Wildman–Crippen MR) is 78.3 cm³/mol. The second kappa shape index (κ2) is 5.92. The minimum absolute atomic E-state index is 0.0383. The number of aryl methyl sites for hydroxylation is 1. The Labute approximate surface area is 118 Å². The van der Waals surface area contributed by atoms with E-state index >= 15 is 0 Å². The summed E-state index contributed by atoms with van der Waals surface area (Å²) in [6.07, 6.45) is 0. The van der Waals surface area contributed by atoms with Gasteiger partial charge in [0.15, 0.2) is 0 Å². The van der Waals surface area contributed by atoms with Crippen molar-refractivity contribution in [3.05, 3.63) is 23.8 Å². The molecule has 0 bridgehead atoms. The number of nitrogens with zero attached hydrogens (tertiary/aromatic N) is 1. The lowest BCUT2D eigenvalue weighted by Crippen LogP contribution is -2.55. The number of nitrogens with two attached hydrogens (primary N) is 1. The summed E-state index contributed by atoms with van der Waals surface area (Å²) in [5, 5.41) is 5.57. The maximum atomic E-state index is 12.0. The Morgan fingerprint density at radius 2 is 2.30 bits per heavy atom. The van der Waals surface area contributed by atoms with Crippen LogP contribution in [0.1, 0.15) is 12.5 Å². The normalized spacial score (nSPS) is 19.5. The Morgan fingerprint density at radius 3 is 3.00 bits per heavy atom. The van der Waals surface area contributed by atoms with E-state index in [4.69, 9.17) is 5.73 Å². The van der Waals surface area contributed by atoms with Crippen LogP contribution >= 0.6 is 0 Å². The molecule has 1 aliphatic rings. The summed E-state index contributed by atoms with van der Waals surface area (Å²) < 4.78 is 0. The lowest BCUT2D eigenvalue weighted by molar-refractivity contribution is -0.129. The highest BCUT2D eigenvalue weighted by molar-refractivity contribution is 5.93. The number of nitrogens with one attached hydrogen (secondary N) is 2. The molecule has 1 aromatic carbocycles. The van der Waals surface area contributed by atoms with Crippen molar-refractivity contribution in [2.75, 3.05) is 30.7 Å². The Bertz CT molecular complexity index is 530. The number of anilines is 2. The summed E-state index contributed by atoms with van der Waals surface area (Å²) >= 11 is 0. The van der Waals surface area contributed by atoms with Gasteiger partial charge in [0.1, 0.15) is 0 Å². The van der Waals surface area contributed by atoms with Crippen molar-refractivity contribution >= 4 is 23.2 Å². The van der Waals surface area contributed by atoms with Crippen molar-refractivity contribution in [2.45, 2.75) is 19.9 Å². The monoisotopic (exact) mass is 276 g/mol. The van der Waals surface area contributed by atoms with Crippen LogP contribution in [0, 0.1) is 6.92 Å². The van der Waals surface area contributed by atoms with Gasteiger partial charge >= 0.3 is 0 Å². The summed E-state index contributed by atoms with van der Waals surface area (Å²) in [6, 6.07) is 5.13. The highest BCUT2D eigenvalue weighted by Gasteiger charge is 2.26. The standard InChI is InChI=1S/C14H20N4O2/c1-9-3-4-11(7-12(9)15)17-13(19)8-18-6-5-16-14(20)10(18)2/h3-4,7,10H,5-6,8,15H2,1-2H3,(H,16,20)(H,17,19). The van der Waals surface area contributed by atoms with Crippen molar-refractivity contribution in [3.8, 4) is 0 Å². The predicted octanol–water partition coefficient (Wildman–Crippen LogP) is 0.336. The largest absolute Gasteiger partial charge is 0.398 e. The summed E-state index contributed by atoms with van der Waals surface area (Å²) in [5.41, 5.74) is 8.10. The lowest BCUT2D eigenvalue weighted by atomic mass is 10.2. The van der Waals surface area contributed by atoms with Crippen LogP contribution in [0.5, 0.6) is 0 Å². The molecule has 108 valence electrons. The molecule has 0 spiro atoms. The molecule has 1 atom stereocenters. The van der Waals surface area contributed by atoms with Gasteiger partial charge in [-0.15, -0.1) is 0 Å². The number of benzene rings is 1. The third-order valence-electron chi connectivity index (χ3n) is 3.54. The van der Waals surface area contributed by atoms with Gasteiger partial charge in [0.25, 0.3) is 0 Å². The molecule has 20 heavy (non-hydrogen) atoms. The second-order valence-electron chi connectivity index (χ2n) is 5.06. The van der Waals surface area contributed by atoms with E-state index < -0.39 is 0 Å². The molecule has 1 aliphatic heterocycles. The smallest absolute Gasteiger partial charge is 0.238 e. The van der Waals surface area contributed by atoms with E-state index in [-0.39, 0.29) is 24.4 Å². The fraction of sp³-hybridized carbons (Fsp3) is 0.429. The van der Waals surface area contributed by atoms with Crippen molar-refractivity contribution in [1.82, 2.24) is 10.2 Å². The average Bonchev–Trinajstić information content (AvgIpc) is 2.39. The van der Waals surface area contributed by atoms with Gasteiger partial charge in [-0.1, -0.05) is 6.07 Å². The maximum absolute atomic E-state index is 12.0. The van der Waals surface area contributed by atoms with Crippen LogP contribution in [0.15, 0.2) is 18.2 Å². The molecule has 1 heterocycles. The Balaban J connectivity index is 1.95. The molecular formula is C14H20N4O2. The van der Waals surface area contributed by atoms with Crippen LogP contribution in [0.25, 0.3) is 0 Å². The first kappa shape index (κ1) is 14.3. The highest BCUT2D eigenvalue weighted by atomic mass is 16.2. The quantitative estimate of drug-likeness (QED) is 0.695. The minimum atomic E-state index is -0.280. The molecule has 0 aromatic heterocycles. The van der Waals surface area contributed by atoms with Crippen LogP contribution in [0.3, 0.4) is 0 Å². The minimum Gasteiger partial charge on any atom is -0.398 e. The van der Waals surface area contributed by atoms with Gasteiger partial charge in [-0.05, 0) is 31.5 Å². The number of carbonyl (C=O) groups excluding carboxylic acids is 2. The lowest BCUT2D eigenvalue weighted by Gasteiger charge is -2.32. The highest BCUT2D eigenvalue weighted by Crippen LogP contribution is 2.17. The van der Waals surface area contributed by atoms with E-state index in [0.717, 1.165) is 5.56 Å². The average molecular weight is 276 g/mol. The van der Waals surface area contributed by atoms with E-state index in [0.29, 0.717) is 24.5 Å². The molecule has 6 nitrogen and oxygen atoms in total. The van der Waals surface area contributed by atoms with Gasteiger partial charge < -0.3 is 16.4 Å². The first-order valence-corrected chi connectivity index (χ1v) is 6.65. The third-order valence-corrected chi connectivity index (χ3v) is 3.54. The molecule has 1 saturated heterocycles. The van der Waals surface area contributed by atoms with E-state index in [1.807, 2.05) is 24.0 Å². The Morgan fingerprint density at radius 1 is 1.55 bits per heavy atom. The second-order valence-corrected chi connectivity index (χ2v) is 5.06. The van der Waals surface area contributed by atoms with Crippen molar-refractivity contribution < 1.29 is 9.59 Å². The molecule has 1 unspecified atom stereocenters. The van der Waals surface area contributed by atoms with E-state index in [9.17, 15) is 9.59 Å². The number of amides is 2. The summed E-state index contributed by atoms with van der Waals surface area (Å²) in [6.45, 7) is 5.16. The number of carbonyl (C=O) groups is 2. The van der Waals surface area contributed by atoms with Crippen LogP contribution in [-0.4, -0.2) is 42.4 Å². The molecule has 1 aromatic rings. The summed E-state index contributed by atoms with van der Waals surface area (Å²) in [4.78, 5) is 25.4. The summed E-state index contributed by atoms with van der Waals surface area (Å²) in [5.74, 6) is -0.182. The molecule has 0 radical (unpaired) electrons. The van der Waals surface area contributed by atoms with Gasteiger partial charge in [-0.2, -0.15) is 0 Å². The molecule has 6 heteroatoms. The van der Waals surface area contributed by atoms with Crippen molar-refractivity contribution in [3.63, 3.8) is 0 Å². The Kier molecular flexibility index (Phi) is 4.24. The van der Waals surface area contributed by atoms with E-state index in [1.54, 1.807) is 13.0 Å². The molecule has 0 saturated carbocycles. The zero-order valence-corrected chi connectivity index (χ0v) is 11.8. The van der Waals surface area contributed by atoms with Crippen LogP contribution < -0.4 is 16.4 Å². The van der Waals surface area contributed by atoms with Crippen molar-refractivity contribution in [2.24, 2.45) is 0 Å². The van der Waals surface area contributed by atoms with Gasteiger partial charge in [-0.25, -0.2) is 0 Å².